The first-order chi connectivity index (χ1) is 7.47. The van der Waals surface area contributed by atoms with Crippen LogP contribution in [0.4, 0.5) is 0 Å². The highest BCUT2D eigenvalue weighted by atomic mass is 16.5. The first-order valence-corrected chi connectivity index (χ1v) is 6.31. The molecule has 1 rings (SSSR count). The molecule has 94 valence electrons. The van der Waals surface area contributed by atoms with Crippen molar-refractivity contribution in [1.82, 2.24) is 4.90 Å². The molecule has 0 amide bonds. The van der Waals surface area contributed by atoms with Crippen LogP contribution in [0.3, 0.4) is 0 Å². The molecule has 0 N–H and O–H groups in total. The Morgan fingerprint density at radius 2 is 1.94 bits per heavy atom. The smallest absolute Gasteiger partial charge is 0.309 e. The second kappa shape index (κ2) is 5.67. The molecular formula is C13H25NO2. The van der Waals surface area contributed by atoms with E-state index in [2.05, 4.69) is 25.7 Å². The highest BCUT2D eigenvalue weighted by Crippen LogP contribution is 2.26. The molecule has 16 heavy (non-hydrogen) atoms. The number of rotatable bonds is 3. The summed E-state index contributed by atoms with van der Waals surface area (Å²) in [6, 6.07) is 0.850. The number of likely N-dealkylation sites (tertiary alicyclic amines) is 1. The summed E-state index contributed by atoms with van der Waals surface area (Å²) in [5, 5.41) is 0. The van der Waals surface area contributed by atoms with Crippen molar-refractivity contribution in [2.45, 2.75) is 52.6 Å². The van der Waals surface area contributed by atoms with Gasteiger partial charge in [-0.25, -0.2) is 0 Å². The van der Waals surface area contributed by atoms with Gasteiger partial charge >= 0.3 is 5.97 Å². The van der Waals surface area contributed by atoms with Gasteiger partial charge in [0.25, 0.3) is 0 Å². The van der Waals surface area contributed by atoms with E-state index in [0.29, 0.717) is 6.04 Å². The van der Waals surface area contributed by atoms with Crippen LogP contribution >= 0.6 is 0 Å². The Morgan fingerprint density at radius 3 is 2.50 bits per heavy atom. The van der Waals surface area contributed by atoms with E-state index >= 15 is 0 Å². The van der Waals surface area contributed by atoms with Gasteiger partial charge in [-0.2, -0.15) is 0 Å². The summed E-state index contributed by atoms with van der Waals surface area (Å²) in [6.45, 7) is 9.74. The summed E-state index contributed by atoms with van der Waals surface area (Å²) < 4.78 is 4.82. The van der Waals surface area contributed by atoms with Crippen LogP contribution in [0.25, 0.3) is 0 Å². The second-order valence-electron chi connectivity index (χ2n) is 5.28. The van der Waals surface area contributed by atoms with Crippen molar-refractivity contribution in [2.24, 2.45) is 11.8 Å². The predicted octanol–water partition coefficient (Wildman–Crippen LogP) is 2.30. The van der Waals surface area contributed by atoms with Gasteiger partial charge in [0.1, 0.15) is 0 Å². The number of carbonyl (C=O) groups is 1. The summed E-state index contributed by atoms with van der Waals surface area (Å²) in [4.78, 5) is 14.0. The van der Waals surface area contributed by atoms with Crippen molar-refractivity contribution in [3.63, 3.8) is 0 Å². The molecule has 0 aromatic rings. The number of ether oxygens (including phenoxy) is 1. The molecule has 0 bridgehead atoms. The largest absolute Gasteiger partial charge is 0.469 e. The third-order valence-corrected chi connectivity index (χ3v) is 3.99. The lowest BCUT2D eigenvalue weighted by Gasteiger charge is -2.42. The number of hydrogen-bond donors (Lipinski definition) is 0. The molecule has 1 aliphatic rings. The Bertz CT molecular complexity index is 242. The standard InChI is InChI=1S/C13H25NO2/c1-9-6-7-10(2)14(8-9)12(4)11(3)13(15)16-5/h9-12H,6-8H2,1-5H3. The van der Waals surface area contributed by atoms with Gasteiger partial charge in [-0.05, 0) is 32.6 Å². The number of esters is 1. The molecule has 1 heterocycles. The van der Waals surface area contributed by atoms with Crippen LogP contribution in [0.5, 0.6) is 0 Å². The molecule has 0 spiro atoms. The second-order valence-corrected chi connectivity index (χ2v) is 5.28. The predicted molar refractivity (Wildman–Crippen MR) is 65.2 cm³/mol. The highest BCUT2D eigenvalue weighted by molar-refractivity contribution is 5.72. The van der Waals surface area contributed by atoms with E-state index in [4.69, 9.17) is 4.74 Å². The summed E-state index contributed by atoms with van der Waals surface area (Å²) in [5.41, 5.74) is 0. The average molecular weight is 227 g/mol. The zero-order valence-electron chi connectivity index (χ0n) is 11.2. The van der Waals surface area contributed by atoms with E-state index in [0.717, 1.165) is 12.5 Å². The molecule has 0 aromatic heterocycles. The van der Waals surface area contributed by atoms with Crippen molar-refractivity contribution in [2.75, 3.05) is 13.7 Å². The van der Waals surface area contributed by atoms with Gasteiger partial charge in [-0.1, -0.05) is 13.8 Å². The maximum Gasteiger partial charge on any atom is 0.309 e. The maximum atomic E-state index is 11.5. The molecule has 0 saturated carbocycles. The number of piperidine rings is 1. The number of carbonyl (C=O) groups excluding carboxylic acids is 1. The lowest BCUT2D eigenvalue weighted by atomic mass is 9.91. The van der Waals surface area contributed by atoms with Crippen LogP contribution in [-0.2, 0) is 9.53 Å². The molecule has 0 aliphatic carbocycles. The summed E-state index contributed by atoms with van der Waals surface area (Å²) in [6.07, 6.45) is 2.54. The fraction of sp³-hybridized carbons (Fsp3) is 0.923. The maximum absolute atomic E-state index is 11.5. The lowest BCUT2D eigenvalue weighted by molar-refractivity contribution is -0.147. The van der Waals surface area contributed by atoms with Gasteiger partial charge in [-0.15, -0.1) is 0 Å². The Hall–Kier alpha value is -0.570. The van der Waals surface area contributed by atoms with Crippen molar-refractivity contribution < 1.29 is 9.53 Å². The van der Waals surface area contributed by atoms with E-state index in [1.54, 1.807) is 0 Å². The van der Waals surface area contributed by atoms with E-state index < -0.39 is 0 Å². The molecular weight excluding hydrogens is 202 g/mol. The molecule has 4 atom stereocenters. The minimum absolute atomic E-state index is 0.0438. The Balaban J connectivity index is 2.63. The van der Waals surface area contributed by atoms with Crippen LogP contribution in [0, 0.1) is 11.8 Å². The van der Waals surface area contributed by atoms with Crippen LogP contribution in [0.15, 0.2) is 0 Å². The first-order valence-electron chi connectivity index (χ1n) is 6.31. The van der Waals surface area contributed by atoms with E-state index in [9.17, 15) is 4.79 Å². The third-order valence-electron chi connectivity index (χ3n) is 3.99. The zero-order valence-corrected chi connectivity index (χ0v) is 11.2. The molecule has 0 radical (unpaired) electrons. The number of hydrogen-bond acceptors (Lipinski definition) is 3. The van der Waals surface area contributed by atoms with Crippen LogP contribution in [0.2, 0.25) is 0 Å². The number of methoxy groups -OCH3 is 1. The first kappa shape index (κ1) is 13.5. The molecule has 1 fully saturated rings. The fourth-order valence-corrected chi connectivity index (χ4v) is 2.56. The van der Waals surface area contributed by atoms with Gasteiger partial charge in [0.15, 0.2) is 0 Å². The van der Waals surface area contributed by atoms with Crippen molar-refractivity contribution in [3.05, 3.63) is 0 Å². The fourth-order valence-electron chi connectivity index (χ4n) is 2.56. The molecule has 1 aliphatic heterocycles. The average Bonchev–Trinajstić information content (AvgIpc) is 2.29. The topological polar surface area (TPSA) is 29.5 Å². The molecule has 0 aromatic carbocycles. The Kier molecular flexibility index (Phi) is 4.78. The van der Waals surface area contributed by atoms with E-state index in [1.807, 2.05) is 6.92 Å². The Morgan fingerprint density at radius 1 is 1.31 bits per heavy atom. The normalized spacial score (nSPS) is 30.8. The molecule has 3 nitrogen and oxygen atoms in total. The molecule has 3 heteroatoms. The van der Waals surface area contributed by atoms with Crippen LogP contribution < -0.4 is 0 Å². The van der Waals surface area contributed by atoms with E-state index in [-0.39, 0.29) is 17.9 Å². The van der Waals surface area contributed by atoms with Gasteiger partial charge in [0.05, 0.1) is 13.0 Å². The molecule has 1 saturated heterocycles. The summed E-state index contributed by atoms with van der Waals surface area (Å²) in [5.74, 6) is 0.596. The van der Waals surface area contributed by atoms with Gasteiger partial charge in [-0.3, -0.25) is 9.69 Å². The Labute approximate surface area is 99.1 Å². The van der Waals surface area contributed by atoms with Crippen molar-refractivity contribution in [1.29, 1.82) is 0 Å². The van der Waals surface area contributed by atoms with Gasteiger partial charge in [0, 0.05) is 18.6 Å². The molecule has 4 unspecified atom stereocenters. The van der Waals surface area contributed by atoms with Crippen molar-refractivity contribution in [3.8, 4) is 0 Å². The minimum atomic E-state index is -0.0991. The van der Waals surface area contributed by atoms with Crippen LogP contribution in [0.1, 0.15) is 40.5 Å². The van der Waals surface area contributed by atoms with Crippen molar-refractivity contribution >= 4 is 5.97 Å². The summed E-state index contributed by atoms with van der Waals surface area (Å²) in [7, 11) is 1.47. The van der Waals surface area contributed by atoms with Gasteiger partial charge in [0.2, 0.25) is 0 Å². The monoisotopic (exact) mass is 227 g/mol. The highest BCUT2D eigenvalue weighted by Gasteiger charge is 2.32. The quantitative estimate of drug-likeness (QED) is 0.693. The SMILES string of the molecule is COC(=O)C(C)C(C)N1CC(C)CCC1C. The third kappa shape index (κ3) is 2.97. The minimum Gasteiger partial charge on any atom is -0.469 e. The van der Waals surface area contributed by atoms with Crippen LogP contribution in [-0.4, -0.2) is 36.6 Å². The van der Waals surface area contributed by atoms with Gasteiger partial charge < -0.3 is 4.74 Å². The number of nitrogens with zero attached hydrogens (tertiary/aromatic N) is 1. The zero-order chi connectivity index (χ0) is 12.3. The summed E-state index contributed by atoms with van der Waals surface area (Å²) >= 11 is 0. The van der Waals surface area contributed by atoms with E-state index in [1.165, 1.54) is 20.0 Å². The lowest BCUT2D eigenvalue weighted by Crippen LogP contribution is -2.50.